The quantitative estimate of drug-likeness (QED) is 0.511. The molecule has 0 saturated heterocycles. The van der Waals surface area contributed by atoms with Crippen molar-refractivity contribution in [2.24, 2.45) is 0 Å². The van der Waals surface area contributed by atoms with Crippen LogP contribution in [0.25, 0.3) is 16.6 Å². The number of aromatic nitrogens is 2. The number of nitrogen functional groups attached to an aromatic ring is 2. The molecule has 0 spiro atoms. The minimum Gasteiger partial charge on any atom is -0.383 e. The molecule has 3 aromatic rings. The van der Waals surface area contributed by atoms with E-state index >= 15 is 0 Å². The Morgan fingerprint density at radius 3 is 2.55 bits per heavy atom. The van der Waals surface area contributed by atoms with Crippen molar-refractivity contribution in [2.75, 3.05) is 11.5 Å². The van der Waals surface area contributed by atoms with Crippen LogP contribution < -0.4 is 11.5 Å². The Balaban J connectivity index is 2.27. The highest BCUT2D eigenvalue weighted by Crippen LogP contribution is 2.44. The second kappa shape index (κ2) is 4.00. The Morgan fingerprint density at radius 1 is 1.09 bits per heavy atom. The summed E-state index contributed by atoms with van der Waals surface area (Å²) in [5.74, 6) is 0.337. The van der Waals surface area contributed by atoms with Crippen LogP contribution in [-0.4, -0.2) is 9.61 Å². The van der Waals surface area contributed by atoms with Crippen molar-refractivity contribution in [3.63, 3.8) is 0 Å². The van der Waals surface area contributed by atoms with Gasteiger partial charge < -0.3 is 11.5 Å². The highest BCUT2D eigenvalue weighted by atomic mass is 15.3. The summed E-state index contributed by atoms with van der Waals surface area (Å²) in [6.07, 6.45) is 0.629. The van der Waals surface area contributed by atoms with Gasteiger partial charge in [-0.3, -0.25) is 0 Å². The number of nitrogens with zero attached hydrogens (tertiary/aromatic N) is 4. The van der Waals surface area contributed by atoms with Gasteiger partial charge in [0.25, 0.3) is 0 Å². The van der Waals surface area contributed by atoms with Gasteiger partial charge >= 0.3 is 0 Å². The lowest BCUT2D eigenvalue weighted by molar-refractivity contribution is 0.970. The first-order chi connectivity index (χ1) is 10.7. The molecule has 0 fully saturated rings. The SMILES string of the molecule is N#Cc1c2c(c3c(C#N)c(N)nn3c1N)Cc1ccccc1-2. The molecule has 104 valence electrons. The average Bonchev–Trinajstić information content (AvgIpc) is 3.06. The van der Waals surface area contributed by atoms with E-state index in [-0.39, 0.29) is 11.6 Å². The zero-order chi connectivity index (χ0) is 15.4. The van der Waals surface area contributed by atoms with E-state index in [4.69, 9.17) is 11.5 Å². The highest BCUT2D eigenvalue weighted by Gasteiger charge is 2.29. The molecule has 0 aliphatic heterocycles. The molecule has 4 rings (SSSR count). The van der Waals surface area contributed by atoms with Crippen LogP contribution in [-0.2, 0) is 6.42 Å². The summed E-state index contributed by atoms with van der Waals surface area (Å²) in [4.78, 5) is 0. The maximum absolute atomic E-state index is 9.53. The van der Waals surface area contributed by atoms with Crippen LogP contribution >= 0.6 is 0 Å². The van der Waals surface area contributed by atoms with Gasteiger partial charge in [0.2, 0.25) is 0 Å². The van der Waals surface area contributed by atoms with Gasteiger partial charge in [0, 0.05) is 12.0 Å². The van der Waals surface area contributed by atoms with Crippen molar-refractivity contribution in [3.05, 3.63) is 46.5 Å². The molecular formula is C16H10N6. The Bertz CT molecular complexity index is 1050. The van der Waals surface area contributed by atoms with Crippen molar-refractivity contribution in [1.29, 1.82) is 10.5 Å². The van der Waals surface area contributed by atoms with E-state index in [0.29, 0.717) is 23.1 Å². The Morgan fingerprint density at radius 2 is 1.82 bits per heavy atom. The van der Waals surface area contributed by atoms with Crippen molar-refractivity contribution in [1.82, 2.24) is 9.61 Å². The number of hydrogen-bond donors (Lipinski definition) is 2. The smallest absolute Gasteiger partial charge is 0.164 e. The largest absolute Gasteiger partial charge is 0.383 e. The molecule has 6 nitrogen and oxygen atoms in total. The molecule has 22 heavy (non-hydrogen) atoms. The van der Waals surface area contributed by atoms with Gasteiger partial charge in [0.05, 0.1) is 5.52 Å². The molecular weight excluding hydrogens is 276 g/mol. The monoisotopic (exact) mass is 286 g/mol. The summed E-state index contributed by atoms with van der Waals surface area (Å²) < 4.78 is 1.41. The number of anilines is 2. The van der Waals surface area contributed by atoms with Gasteiger partial charge in [-0.25, -0.2) is 4.52 Å². The normalized spacial score (nSPS) is 11.7. The number of rotatable bonds is 0. The van der Waals surface area contributed by atoms with Crippen LogP contribution in [0.3, 0.4) is 0 Å². The number of nitriles is 2. The summed E-state index contributed by atoms with van der Waals surface area (Å²) in [6, 6.07) is 12.1. The maximum Gasteiger partial charge on any atom is 0.164 e. The molecule has 0 radical (unpaired) electrons. The van der Waals surface area contributed by atoms with Gasteiger partial charge in [-0.2, -0.15) is 10.5 Å². The van der Waals surface area contributed by atoms with Gasteiger partial charge in [-0.15, -0.1) is 5.10 Å². The molecule has 0 amide bonds. The lowest BCUT2D eigenvalue weighted by atomic mass is 9.99. The fraction of sp³-hybridized carbons (Fsp3) is 0.0625. The topological polar surface area (TPSA) is 117 Å². The first kappa shape index (κ1) is 12.2. The van der Waals surface area contributed by atoms with Gasteiger partial charge in [0.15, 0.2) is 5.82 Å². The van der Waals surface area contributed by atoms with E-state index in [0.717, 1.165) is 22.3 Å². The zero-order valence-corrected chi connectivity index (χ0v) is 11.5. The minimum absolute atomic E-state index is 0.127. The van der Waals surface area contributed by atoms with Gasteiger partial charge in [0.1, 0.15) is 29.1 Å². The first-order valence-electron chi connectivity index (χ1n) is 6.68. The average molecular weight is 286 g/mol. The Hall–Kier alpha value is -3.51. The number of hydrogen-bond acceptors (Lipinski definition) is 5. The lowest BCUT2D eigenvalue weighted by Gasteiger charge is -2.10. The third-order valence-electron chi connectivity index (χ3n) is 4.11. The van der Waals surface area contributed by atoms with E-state index in [1.807, 2.05) is 24.3 Å². The molecule has 0 bridgehead atoms. The summed E-state index contributed by atoms with van der Waals surface area (Å²) in [5, 5.41) is 23.0. The molecule has 4 N–H and O–H groups in total. The van der Waals surface area contributed by atoms with E-state index in [1.165, 1.54) is 4.52 Å². The fourth-order valence-electron chi connectivity index (χ4n) is 3.19. The number of nitrogens with two attached hydrogens (primary N) is 2. The van der Waals surface area contributed by atoms with Gasteiger partial charge in [-0.05, 0) is 16.7 Å². The van der Waals surface area contributed by atoms with Crippen LogP contribution in [0.1, 0.15) is 22.3 Å². The predicted octanol–water partition coefficient (Wildman–Crippen LogP) is 1.81. The Kier molecular flexibility index (Phi) is 2.23. The Labute approximate surface area is 125 Å². The molecule has 0 unspecified atom stereocenters. The summed E-state index contributed by atoms with van der Waals surface area (Å²) in [5.41, 5.74) is 17.0. The van der Waals surface area contributed by atoms with Crippen LogP contribution in [0.5, 0.6) is 0 Å². The van der Waals surface area contributed by atoms with Crippen LogP contribution in [0, 0.1) is 22.7 Å². The third kappa shape index (κ3) is 1.28. The van der Waals surface area contributed by atoms with E-state index in [2.05, 4.69) is 17.2 Å². The first-order valence-corrected chi connectivity index (χ1v) is 6.68. The number of benzene rings is 1. The summed E-state index contributed by atoms with van der Waals surface area (Å²) >= 11 is 0. The third-order valence-corrected chi connectivity index (χ3v) is 4.11. The summed E-state index contributed by atoms with van der Waals surface area (Å²) in [7, 11) is 0. The second-order valence-corrected chi connectivity index (χ2v) is 5.19. The standard InChI is InChI=1S/C16H10N6/c17-6-11-13-9-4-2-1-3-8(9)5-10(13)14-12(7-18)15(19)21-22(14)16(11)20/h1-4H,5,20H2,(H2,19,21). The number of pyridine rings is 1. The van der Waals surface area contributed by atoms with Crippen LogP contribution in [0.15, 0.2) is 24.3 Å². The number of fused-ring (bicyclic) bond motifs is 5. The minimum atomic E-state index is 0.127. The molecule has 1 aromatic carbocycles. The van der Waals surface area contributed by atoms with E-state index < -0.39 is 0 Å². The van der Waals surface area contributed by atoms with Crippen LogP contribution in [0.2, 0.25) is 0 Å². The van der Waals surface area contributed by atoms with Gasteiger partial charge in [-0.1, -0.05) is 24.3 Å². The van der Waals surface area contributed by atoms with Crippen molar-refractivity contribution < 1.29 is 0 Å². The molecule has 0 saturated carbocycles. The van der Waals surface area contributed by atoms with Crippen molar-refractivity contribution >= 4 is 17.2 Å². The molecule has 2 aromatic heterocycles. The highest BCUT2D eigenvalue weighted by molar-refractivity contribution is 5.93. The molecule has 0 atom stereocenters. The molecule has 6 heteroatoms. The maximum atomic E-state index is 9.53. The summed E-state index contributed by atoms with van der Waals surface area (Å²) in [6.45, 7) is 0. The molecule has 1 aliphatic carbocycles. The van der Waals surface area contributed by atoms with Crippen molar-refractivity contribution in [3.8, 4) is 23.3 Å². The zero-order valence-electron chi connectivity index (χ0n) is 11.5. The molecule has 1 aliphatic rings. The lowest BCUT2D eigenvalue weighted by Crippen LogP contribution is -2.05. The van der Waals surface area contributed by atoms with Crippen molar-refractivity contribution in [2.45, 2.75) is 6.42 Å². The predicted molar refractivity (Wildman–Crippen MR) is 81.7 cm³/mol. The fourth-order valence-corrected chi connectivity index (χ4v) is 3.19. The van der Waals surface area contributed by atoms with Crippen LogP contribution in [0.4, 0.5) is 11.6 Å². The van der Waals surface area contributed by atoms with E-state index in [9.17, 15) is 10.5 Å². The second-order valence-electron chi connectivity index (χ2n) is 5.19. The molecule has 2 heterocycles. The van der Waals surface area contributed by atoms with E-state index in [1.54, 1.807) is 0 Å².